The van der Waals surface area contributed by atoms with E-state index in [2.05, 4.69) is 15.4 Å². The van der Waals surface area contributed by atoms with Crippen LogP contribution >= 0.6 is 23.2 Å². The fourth-order valence-electron chi connectivity index (χ4n) is 1.81. The van der Waals surface area contributed by atoms with Gasteiger partial charge in [0.2, 0.25) is 5.91 Å². The third kappa shape index (κ3) is 3.72. The van der Waals surface area contributed by atoms with E-state index < -0.39 is 12.1 Å². The summed E-state index contributed by atoms with van der Waals surface area (Å²) < 4.78 is 1.42. The van der Waals surface area contributed by atoms with E-state index in [1.54, 1.807) is 25.1 Å². The standard InChI is InChI=1S/C13H14Cl2N4O2/c1-8(19-7-16-6-18-19)13(21)17-5-11(20)12-9(14)3-2-4-10(12)15/h2-4,6-8,11,20H,5H2,1H3,(H,17,21). The number of hydrogen-bond donors (Lipinski definition) is 2. The summed E-state index contributed by atoms with van der Waals surface area (Å²) in [6, 6.07) is 4.42. The summed E-state index contributed by atoms with van der Waals surface area (Å²) in [5, 5.41) is 17.4. The second-order valence-corrected chi connectivity index (χ2v) is 5.26. The maximum absolute atomic E-state index is 12.0. The highest BCUT2D eigenvalue weighted by Crippen LogP contribution is 2.29. The lowest BCUT2D eigenvalue weighted by molar-refractivity contribution is -0.124. The Morgan fingerprint density at radius 3 is 2.67 bits per heavy atom. The fourth-order valence-corrected chi connectivity index (χ4v) is 2.46. The maximum atomic E-state index is 12.0. The zero-order valence-corrected chi connectivity index (χ0v) is 12.7. The highest BCUT2D eigenvalue weighted by atomic mass is 35.5. The van der Waals surface area contributed by atoms with E-state index in [0.717, 1.165) is 0 Å². The molecule has 2 unspecified atom stereocenters. The molecule has 21 heavy (non-hydrogen) atoms. The summed E-state index contributed by atoms with van der Waals surface area (Å²) in [5.74, 6) is -0.289. The quantitative estimate of drug-likeness (QED) is 0.879. The number of nitrogens with zero attached hydrogens (tertiary/aromatic N) is 3. The number of carbonyl (C=O) groups is 1. The molecule has 0 aliphatic rings. The number of halogens is 2. The first-order chi connectivity index (χ1) is 10.0. The number of aromatic nitrogens is 3. The molecule has 2 atom stereocenters. The minimum atomic E-state index is -0.988. The van der Waals surface area contributed by atoms with Crippen molar-refractivity contribution in [2.75, 3.05) is 6.54 Å². The van der Waals surface area contributed by atoms with Crippen LogP contribution in [0.2, 0.25) is 10.0 Å². The Morgan fingerprint density at radius 2 is 2.10 bits per heavy atom. The van der Waals surface area contributed by atoms with Crippen molar-refractivity contribution in [2.45, 2.75) is 19.1 Å². The molecule has 0 aliphatic carbocycles. The van der Waals surface area contributed by atoms with Crippen LogP contribution < -0.4 is 5.32 Å². The Bertz CT molecular complexity index is 598. The summed E-state index contributed by atoms with van der Waals surface area (Å²) in [5.41, 5.74) is 0.398. The van der Waals surface area contributed by atoms with Crippen molar-refractivity contribution in [1.29, 1.82) is 0 Å². The van der Waals surface area contributed by atoms with E-state index in [0.29, 0.717) is 15.6 Å². The van der Waals surface area contributed by atoms with Crippen LogP contribution in [0, 0.1) is 0 Å². The van der Waals surface area contributed by atoms with E-state index in [1.165, 1.54) is 17.3 Å². The minimum absolute atomic E-state index is 0.00131. The van der Waals surface area contributed by atoms with Crippen LogP contribution in [-0.4, -0.2) is 32.3 Å². The SMILES string of the molecule is CC(C(=O)NCC(O)c1c(Cl)cccc1Cl)n1cncn1. The van der Waals surface area contributed by atoms with Crippen LogP contribution in [0.25, 0.3) is 0 Å². The van der Waals surface area contributed by atoms with E-state index in [9.17, 15) is 9.90 Å². The van der Waals surface area contributed by atoms with E-state index in [-0.39, 0.29) is 12.5 Å². The third-order valence-corrected chi connectivity index (χ3v) is 3.67. The van der Waals surface area contributed by atoms with Crippen LogP contribution in [0.5, 0.6) is 0 Å². The molecule has 1 amide bonds. The first-order valence-corrected chi connectivity index (χ1v) is 7.00. The third-order valence-electron chi connectivity index (χ3n) is 3.02. The van der Waals surface area contributed by atoms with Crippen molar-refractivity contribution in [1.82, 2.24) is 20.1 Å². The topological polar surface area (TPSA) is 80.0 Å². The molecular formula is C13H14Cl2N4O2. The first kappa shape index (κ1) is 15.8. The van der Waals surface area contributed by atoms with Crippen molar-refractivity contribution in [3.8, 4) is 0 Å². The zero-order chi connectivity index (χ0) is 15.4. The van der Waals surface area contributed by atoms with Crippen molar-refractivity contribution >= 4 is 29.1 Å². The number of aliphatic hydroxyl groups is 1. The molecule has 0 saturated carbocycles. The van der Waals surface area contributed by atoms with Gasteiger partial charge in [0.1, 0.15) is 18.7 Å². The Morgan fingerprint density at radius 1 is 1.43 bits per heavy atom. The largest absolute Gasteiger partial charge is 0.386 e. The number of nitrogens with one attached hydrogen (secondary N) is 1. The summed E-state index contributed by atoms with van der Waals surface area (Å²) in [7, 11) is 0. The van der Waals surface area contributed by atoms with Gasteiger partial charge in [0.25, 0.3) is 0 Å². The van der Waals surface area contributed by atoms with Gasteiger partial charge in [0, 0.05) is 22.2 Å². The Labute approximate surface area is 131 Å². The van der Waals surface area contributed by atoms with Gasteiger partial charge in [0.15, 0.2) is 0 Å². The molecule has 8 heteroatoms. The molecule has 0 saturated heterocycles. The lowest BCUT2D eigenvalue weighted by Gasteiger charge is -2.17. The second-order valence-electron chi connectivity index (χ2n) is 4.45. The number of hydrogen-bond acceptors (Lipinski definition) is 4. The van der Waals surface area contributed by atoms with Crippen molar-refractivity contribution in [3.63, 3.8) is 0 Å². The Balaban J connectivity index is 1.98. The van der Waals surface area contributed by atoms with Crippen LogP contribution in [0.3, 0.4) is 0 Å². The summed E-state index contributed by atoms with van der Waals surface area (Å²) in [4.78, 5) is 15.7. The van der Waals surface area contributed by atoms with Gasteiger partial charge in [-0.1, -0.05) is 29.3 Å². The fraction of sp³-hybridized carbons (Fsp3) is 0.308. The molecule has 0 fully saturated rings. The van der Waals surface area contributed by atoms with E-state index >= 15 is 0 Å². The predicted molar refractivity (Wildman–Crippen MR) is 79.2 cm³/mol. The van der Waals surface area contributed by atoms with Crippen LogP contribution in [0.15, 0.2) is 30.9 Å². The molecule has 6 nitrogen and oxygen atoms in total. The lowest BCUT2D eigenvalue weighted by atomic mass is 10.1. The smallest absolute Gasteiger partial charge is 0.244 e. The molecule has 2 N–H and O–H groups in total. The van der Waals surface area contributed by atoms with Gasteiger partial charge in [-0.3, -0.25) is 4.79 Å². The molecule has 1 aromatic carbocycles. The molecule has 0 radical (unpaired) electrons. The normalized spacial score (nSPS) is 13.7. The zero-order valence-electron chi connectivity index (χ0n) is 11.2. The predicted octanol–water partition coefficient (Wildman–Crippen LogP) is 2.00. The lowest BCUT2D eigenvalue weighted by Crippen LogP contribution is -2.34. The molecule has 2 aromatic rings. The number of aliphatic hydroxyl groups excluding tert-OH is 1. The van der Waals surface area contributed by atoms with Crippen LogP contribution in [0.4, 0.5) is 0 Å². The van der Waals surface area contributed by atoms with Gasteiger partial charge in [-0.05, 0) is 19.1 Å². The monoisotopic (exact) mass is 328 g/mol. The number of amides is 1. The average Bonchev–Trinajstić information content (AvgIpc) is 2.97. The van der Waals surface area contributed by atoms with Gasteiger partial charge < -0.3 is 10.4 Å². The minimum Gasteiger partial charge on any atom is -0.386 e. The van der Waals surface area contributed by atoms with Crippen LogP contribution in [0.1, 0.15) is 24.6 Å². The van der Waals surface area contributed by atoms with Gasteiger partial charge in [0.05, 0.1) is 6.10 Å². The number of rotatable bonds is 5. The Kier molecular flexibility index (Phi) is 5.17. The molecule has 1 aromatic heterocycles. The molecule has 2 rings (SSSR count). The van der Waals surface area contributed by atoms with Crippen LogP contribution in [-0.2, 0) is 4.79 Å². The van der Waals surface area contributed by atoms with Gasteiger partial charge in [-0.25, -0.2) is 9.67 Å². The summed E-state index contributed by atoms with van der Waals surface area (Å²) in [6.45, 7) is 1.68. The van der Waals surface area contributed by atoms with Crippen molar-refractivity contribution < 1.29 is 9.90 Å². The second kappa shape index (κ2) is 6.89. The first-order valence-electron chi connectivity index (χ1n) is 6.24. The van der Waals surface area contributed by atoms with Crippen molar-refractivity contribution in [3.05, 3.63) is 46.5 Å². The molecule has 0 bridgehead atoms. The number of carbonyl (C=O) groups excluding carboxylic acids is 1. The molecule has 0 spiro atoms. The summed E-state index contributed by atoms with van der Waals surface area (Å²) >= 11 is 12.0. The molecule has 1 heterocycles. The van der Waals surface area contributed by atoms with E-state index in [1.807, 2.05) is 0 Å². The highest BCUT2D eigenvalue weighted by Gasteiger charge is 2.19. The van der Waals surface area contributed by atoms with Gasteiger partial charge in [-0.2, -0.15) is 5.10 Å². The van der Waals surface area contributed by atoms with Crippen molar-refractivity contribution in [2.24, 2.45) is 0 Å². The maximum Gasteiger partial charge on any atom is 0.244 e. The highest BCUT2D eigenvalue weighted by molar-refractivity contribution is 6.36. The van der Waals surface area contributed by atoms with E-state index in [4.69, 9.17) is 23.2 Å². The Hall–Kier alpha value is -1.63. The molecular weight excluding hydrogens is 315 g/mol. The summed E-state index contributed by atoms with van der Waals surface area (Å²) in [6.07, 6.45) is 1.81. The molecule has 112 valence electrons. The molecule has 0 aliphatic heterocycles. The van der Waals surface area contributed by atoms with Gasteiger partial charge in [-0.15, -0.1) is 0 Å². The van der Waals surface area contributed by atoms with Gasteiger partial charge >= 0.3 is 0 Å². The number of benzene rings is 1. The average molecular weight is 329 g/mol.